The minimum absolute atomic E-state index is 0.0916. The zero-order valence-electron chi connectivity index (χ0n) is 16.6. The summed E-state index contributed by atoms with van der Waals surface area (Å²) in [7, 11) is 1.82. The number of carboxylic acids is 1. The molecule has 0 saturated carbocycles. The van der Waals surface area contributed by atoms with Gasteiger partial charge in [-0.15, -0.1) is 0 Å². The largest absolute Gasteiger partial charge is 0.478 e. The molecule has 0 aromatic heterocycles. The van der Waals surface area contributed by atoms with E-state index in [1.807, 2.05) is 26.1 Å². The Kier molecular flexibility index (Phi) is 5.15. The summed E-state index contributed by atoms with van der Waals surface area (Å²) < 4.78 is 5.51. The molecule has 7 heteroatoms. The summed E-state index contributed by atoms with van der Waals surface area (Å²) >= 11 is 0. The number of nitrogens with zero attached hydrogens (tertiary/aromatic N) is 2. The van der Waals surface area contributed by atoms with Crippen LogP contribution in [-0.2, 0) is 9.53 Å². The second kappa shape index (κ2) is 7.75. The van der Waals surface area contributed by atoms with Crippen molar-refractivity contribution in [2.45, 2.75) is 31.8 Å². The van der Waals surface area contributed by atoms with Crippen LogP contribution in [0.5, 0.6) is 0 Å². The second-order valence-corrected chi connectivity index (χ2v) is 7.54. The van der Waals surface area contributed by atoms with E-state index in [9.17, 15) is 9.59 Å². The Hall–Kier alpha value is -3.06. The van der Waals surface area contributed by atoms with Crippen molar-refractivity contribution in [3.05, 3.63) is 48.0 Å². The molecule has 2 aromatic carbocycles. The fraction of sp³-hybridized carbons (Fsp3) is 0.364. The number of amides is 1. The highest BCUT2D eigenvalue weighted by atomic mass is 16.5. The van der Waals surface area contributed by atoms with Gasteiger partial charge in [-0.1, -0.05) is 0 Å². The molecule has 2 heterocycles. The smallest absolute Gasteiger partial charge is 0.335 e. The zero-order chi connectivity index (χ0) is 20.5. The van der Waals surface area contributed by atoms with E-state index in [-0.39, 0.29) is 23.6 Å². The van der Waals surface area contributed by atoms with Gasteiger partial charge in [-0.3, -0.25) is 4.79 Å². The van der Waals surface area contributed by atoms with Crippen LogP contribution in [0.3, 0.4) is 0 Å². The van der Waals surface area contributed by atoms with Crippen molar-refractivity contribution in [2.24, 2.45) is 0 Å². The van der Waals surface area contributed by atoms with Gasteiger partial charge in [-0.2, -0.15) is 0 Å². The molecular weight excluding hydrogens is 370 g/mol. The number of carbonyl (C=O) groups is 2. The topological polar surface area (TPSA) is 82.1 Å². The number of anilines is 4. The Balaban J connectivity index is 1.66. The highest BCUT2D eigenvalue weighted by molar-refractivity contribution is 6.05. The third-order valence-electron chi connectivity index (χ3n) is 5.72. The van der Waals surface area contributed by atoms with Gasteiger partial charge in [0.15, 0.2) is 0 Å². The fourth-order valence-electron chi connectivity index (χ4n) is 4.16. The Morgan fingerprint density at radius 1 is 1.07 bits per heavy atom. The van der Waals surface area contributed by atoms with E-state index in [1.54, 1.807) is 29.2 Å². The number of fused-ring (bicyclic) bond motifs is 1. The maximum atomic E-state index is 12.8. The number of aromatic carboxylic acids is 1. The van der Waals surface area contributed by atoms with Gasteiger partial charge in [0, 0.05) is 37.7 Å². The first-order valence-electron chi connectivity index (χ1n) is 9.84. The van der Waals surface area contributed by atoms with E-state index in [0.29, 0.717) is 13.2 Å². The monoisotopic (exact) mass is 395 g/mol. The minimum atomic E-state index is -0.945. The number of carboxylic acid groups (broad SMARTS) is 1. The predicted octanol–water partition coefficient (Wildman–Crippen LogP) is 3.48. The van der Waals surface area contributed by atoms with Gasteiger partial charge in [0.25, 0.3) is 0 Å². The molecule has 1 unspecified atom stereocenters. The SMILES string of the molecule is CC1C(=O)N(C)c2ccc(Nc3ccc(C(=O)O)cc3)cc2N1C1CCOCC1. The molecule has 7 nitrogen and oxygen atoms in total. The summed E-state index contributed by atoms with van der Waals surface area (Å²) in [4.78, 5) is 27.8. The number of benzene rings is 2. The summed E-state index contributed by atoms with van der Waals surface area (Å²) in [6, 6.07) is 12.6. The molecule has 152 valence electrons. The number of likely N-dealkylation sites (N-methyl/N-ethyl adjacent to an activating group) is 1. The van der Waals surface area contributed by atoms with Crippen molar-refractivity contribution < 1.29 is 19.4 Å². The minimum Gasteiger partial charge on any atom is -0.478 e. The predicted molar refractivity (Wildman–Crippen MR) is 112 cm³/mol. The summed E-state index contributed by atoms with van der Waals surface area (Å²) in [6.07, 6.45) is 1.80. The Morgan fingerprint density at radius 3 is 2.38 bits per heavy atom. The van der Waals surface area contributed by atoms with Gasteiger partial charge in [0.1, 0.15) is 6.04 Å². The van der Waals surface area contributed by atoms with E-state index in [4.69, 9.17) is 9.84 Å². The molecule has 1 saturated heterocycles. The maximum Gasteiger partial charge on any atom is 0.335 e. The van der Waals surface area contributed by atoms with E-state index >= 15 is 0 Å². The summed E-state index contributed by atoms with van der Waals surface area (Å²) in [5, 5.41) is 12.4. The molecule has 2 aliphatic heterocycles. The Morgan fingerprint density at radius 2 is 1.72 bits per heavy atom. The van der Waals surface area contributed by atoms with Crippen LogP contribution < -0.4 is 15.1 Å². The highest BCUT2D eigenvalue weighted by Crippen LogP contribution is 2.40. The lowest BCUT2D eigenvalue weighted by Crippen LogP contribution is -2.55. The first-order valence-corrected chi connectivity index (χ1v) is 9.84. The van der Waals surface area contributed by atoms with Gasteiger partial charge in [0.2, 0.25) is 5.91 Å². The fourth-order valence-corrected chi connectivity index (χ4v) is 4.16. The lowest BCUT2D eigenvalue weighted by Gasteiger charge is -2.45. The molecule has 4 rings (SSSR count). The van der Waals surface area contributed by atoms with Crippen LogP contribution in [0, 0.1) is 0 Å². The quantitative estimate of drug-likeness (QED) is 0.825. The number of ether oxygens (including phenoxy) is 1. The molecular formula is C22H25N3O4. The van der Waals surface area contributed by atoms with Crippen molar-refractivity contribution in [1.29, 1.82) is 0 Å². The summed E-state index contributed by atoms with van der Waals surface area (Å²) in [5.74, 6) is -0.854. The number of nitrogens with one attached hydrogen (secondary N) is 1. The Labute approximate surface area is 169 Å². The third-order valence-corrected chi connectivity index (χ3v) is 5.72. The van der Waals surface area contributed by atoms with Gasteiger partial charge in [0.05, 0.1) is 16.9 Å². The van der Waals surface area contributed by atoms with Gasteiger partial charge in [-0.05, 0) is 62.2 Å². The van der Waals surface area contributed by atoms with Crippen molar-refractivity contribution in [1.82, 2.24) is 0 Å². The number of hydrogen-bond donors (Lipinski definition) is 2. The molecule has 1 atom stereocenters. The average molecular weight is 395 g/mol. The normalized spacial score (nSPS) is 19.8. The molecule has 0 aliphatic carbocycles. The van der Waals surface area contributed by atoms with Crippen LogP contribution in [0.1, 0.15) is 30.1 Å². The average Bonchev–Trinajstić information content (AvgIpc) is 2.73. The van der Waals surface area contributed by atoms with Crippen molar-refractivity contribution in [3.8, 4) is 0 Å². The van der Waals surface area contributed by atoms with Crippen LogP contribution in [0.2, 0.25) is 0 Å². The number of rotatable bonds is 4. The van der Waals surface area contributed by atoms with Crippen molar-refractivity contribution in [3.63, 3.8) is 0 Å². The summed E-state index contributed by atoms with van der Waals surface area (Å²) in [5.41, 5.74) is 3.87. The lowest BCUT2D eigenvalue weighted by atomic mass is 9.99. The molecule has 2 aromatic rings. The third kappa shape index (κ3) is 3.65. The Bertz CT molecular complexity index is 922. The molecule has 0 spiro atoms. The second-order valence-electron chi connectivity index (χ2n) is 7.54. The lowest BCUT2D eigenvalue weighted by molar-refractivity contribution is -0.119. The molecule has 1 fully saturated rings. The molecule has 0 radical (unpaired) electrons. The first kappa shape index (κ1) is 19.3. The number of carbonyl (C=O) groups excluding carboxylic acids is 1. The van der Waals surface area contributed by atoms with Crippen LogP contribution in [0.15, 0.2) is 42.5 Å². The summed E-state index contributed by atoms with van der Waals surface area (Å²) in [6.45, 7) is 3.38. The molecule has 0 bridgehead atoms. The molecule has 2 aliphatic rings. The standard InChI is InChI=1S/C22H25N3O4/c1-14-21(26)24(2)19-8-7-17(23-16-5-3-15(4-6-16)22(27)28)13-20(19)25(14)18-9-11-29-12-10-18/h3-8,13-14,18,23H,9-12H2,1-2H3,(H,27,28). The van der Waals surface area contributed by atoms with Gasteiger partial charge >= 0.3 is 5.97 Å². The van der Waals surface area contributed by atoms with E-state index < -0.39 is 5.97 Å². The van der Waals surface area contributed by atoms with Gasteiger partial charge < -0.3 is 25.0 Å². The van der Waals surface area contributed by atoms with Crippen LogP contribution in [-0.4, -0.2) is 49.3 Å². The molecule has 2 N–H and O–H groups in total. The zero-order valence-corrected chi connectivity index (χ0v) is 16.6. The van der Waals surface area contributed by atoms with E-state index in [2.05, 4.69) is 16.3 Å². The highest BCUT2D eigenvalue weighted by Gasteiger charge is 2.37. The van der Waals surface area contributed by atoms with Crippen LogP contribution in [0.4, 0.5) is 22.7 Å². The van der Waals surface area contributed by atoms with E-state index in [0.717, 1.165) is 35.6 Å². The van der Waals surface area contributed by atoms with Crippen molar-refractivity contribution >= 4 is 34.6 Å². The van der Waals surface area contributed by atoms with E-state index in [1.165, 1.54) is 0 Å². The molecule has 1 amide bonds. The van der Waals surface area contributed by atoms with Gasteiger partial charge in [-0.25, -0.2) is 4.79 Å². The molecule has 29 heavy (non-hydrogen) atoms. The maximum absolute atomic E-state index is 12.8. The van der Waals surface area contributed by atoms with Crippen LogP contribution in [0.25, 0.3) is 0 Å². The first-order chi connectivity index (χ1) is 14.0. The van der Waals surface area contributed by atoms with Crippen molar-refractivity contribution in [2.75, 3.05) is 35.4 Å². The number of hydrogen-bond acceptors (Lipinski definition) is 5. The van der Waals surface area contributed by atoms with Crippen LogP contribution >= 0.6 is 0 Å².